The third-order valence-corrected chi connectivity index (χ3v) is 3.85. The Balaban J connectivity index is 2.14. The fourth-order valence-corrected chi connectivity index (χ4v) is 2.98. The standard InChI is InChI=1S/C12H14FNOS/c1-14-6-7-16-8-11(14)12(15)9-2-4-10(13)5-3-9/h2-5,11H,6-8H2,1H3. The fraction of sp³-hybridized carbons (Fsp3) is 0.417. The Kier molecular flexibility index (Phi) is 3.61. The maximum Gasteiger partial charge on any atom is 0.180 e. The van der Waals surface area contributed by atoms with Gasteiger partial charge in [-0.25, -0.2) is 4.39 Å². The Bertz CT molecular complexity index is 379. The van der Waals surface area contributed by atoms with Gasteiger partial charge in [0, 0.05) is 23.6 Å². The minimum absolute atomic E-state index is 0.0655. The number of nitrogens with zero attached hydrogens (tertiary/aromatic N) is 1. The second kappa shape index (κ2) is 4.97. The van der Waals surface area contributed by atoms with E-state index in [0.29, 0.717) is 5.56 Å². The lowest BCUT2D eigenvalue weighted by Gasteiger charge is -2.30. The Morgan fingerprint density at radius 2 is 2.12 bits per heavy atom. The van der Waals surface area contributed by atoms with Crippen LogP contribution in [0, 0.1) is 5.82 Å². The van der Waals surface area contributed by atoms with Crippen LogP contribution in [0.4, 0.5) is 4.39 Å². The molecule has 1 aliphatic heterocycles. The molecule has 0 spiro atoms. The highest BCUT2D eigenvalue weighted by Crippen LogP contribution is 2.18. The van der Waals surface area contributed by atoms with Crippen LogP contribution in [0.25, 0.3) is 0 Å². The molecule has 4 heteroatoms. The average molecular weight is 239 g/mol. The number of ketones is 1. The summed E-state index contributed by atoms with van der Waals surface area (Å²) in [5, 5.41) is 0. The van der Waals surface area contributed by atoms with E-state index >= 15 is 0 Å². The summed E-state index contributed by atoms with van der Waals surface area (Å²) < 4.78 is 12.7. The molecule has 1 heterocycles. The fourth-order valence-electron chi connectivity index (χ4n) is 1.77. The van der Waals surface area contributed by atoms with Crippen LogP contribution in [0.1, 0.15) is 10.4 Å². The van der Waals surface area contributed by atoms with Gasteiger partial charge in [-0.1, -0.05) is 0 Å². The number of rotatable bonds is 2. The van der Waals surface area contributed by atoms with Crippen molar-refractivity contribution in [1.29, 1.82) is 0 Å². The Hall–Kier alpha value is -0.870. The monoisotopic (exact) mass is 239 g/mol. The van der Waals surface area contributed by atoms with E-state index in [1.54, 1.807) is 23.9 Å². The van der Waals surface area contributed by atoms with Crippen molar-refractivity contribution in [2.24, 2.45) is 0 Å². The quantitative estimate of drug-likeness (QED) is 0.737. The van der Waals surface area contributed by atoms with Crippen molar-refractivity contribution in [3.05, 3.63) is 35.6 Å². The zero-order valence-corrected chi connectivity index (χ0v) is 9.97. The van der Waals surface area contributed by atoms with E-state index in [0.717, 1.165) is 18.1 Å². The lowest BCUT2D eigenvalue weighted by atomic mass is 10.0. The molecule has 0 bridgehead atoms. The maximum atomic E-state index is 12.7. The van der Waals surface area contributed by atoms with E-state index < -0.39 is 0 Å². The normalized spacial score (nSPS) is 22.0. The predicted octanol–water partition coefficient (Wildman–Crippen LogP) is 2.06. The highest BCUT2D eigenvalue weighted by molar-refractivity contribution is 7.99. The second-order valence-corrected chi connectivity index (χ2v) is 5.09. The van der Waals surface area contributed by atoms with E-state index in [-0.39, 0.29) is 17.6 Å². The van der Waals surface area contributed by atoms with Gasteiger partial charge in [-0.15, -0.1) is 0 Å². The van der Waals surface area contributed by atoms with Crippen LogP contribution in [-0.4, -0.2) is 41.8 Å². The molecule has 0 saturated carbocycles. The number of carbonyl (C=O) groups is 1. The van der Waals surface area contributed by atoms with Crippen LogP contribution in [0.2, 0.25) is 0 Å². The molecule has 1 aromatic carbocycles. The molecule has 1 saturated heterocycles. The van der Waals surface area contributed by atoms with Gasteiger partial charge in [-0.05, 0) is 31.3 Å². The maximum absolute atomic E-state index is 12.7. The molecule has 1 aliphatic rings. The van der Waals surface area contributed by atoms with Gasteiger partial charge in [0.25, 0.3) is 0 Å². The smallest absolute Gasteiger partial charge is 0.180 e. The van der Waals surface area contributed by atoms with Gasteiger partial charge in [0.1, 0.15) is 5.82 Å². The third kappa shape index (κ3) is 2.44. The molecule has 2 rings (SSSR count). The number of hydrogen-bond acceptors (Lipinski definition) is 3. The Labute approximate surface area is 98.8 Å². The number of halogens is 1. The van der Waals surface area contributed by atoms with Crippen molar-refractivity contribution < 1.29 is 9.18 Å². The molecule has 16 heavy (non-hydrogen) atoms. The molecule has 0 N–H and O–H groups in total. The molecule has 1 fully saturated rings. The van der Waals surface area contributed by atoms with Gasteiger partial charge in [-0.3, -0.25) is 9.69 Å². The number of carbonyl (C=O) groups excluding carboxylic acids is 1. The summed E-state index contributed by atoms with van der Waals surface area (Å²) in [6, 6.07) is 5.73. The van der Waals surface area contributed by atoms with Crippen LogP contribution in [-0.2, 0) is 0 Å². The molecule has 0 aliphatic carbocycles. The summed E-state index contributed by atoms with van der Waals surface area (Å²) in [6.07, 6.45) is 0. The van der Waals surface area contributed by atoms with Gasteiger partial charge in [0.15, 0.2) is 5.78 Å². The average Bonchev–Trinajstić information content (AvgIpc) is 2.30. The highest BCUT2D eigenvalue weighted by Gasteiger charge is 2.26. The molecule has 0 aromatic heterocycles. The molecular formula is C12H14FNOS. The molecule has 0 radical (unpaired) electrons. The summed E-state index contributed by atoms with van der Waals surface area (Å²) in [5.74, 6) is 1.69. The van der Waals surface area contributed by atoms with Gasteiger partial charge >= 0.3 is 0 Å². The zero-order chi connectivity index (χ0) is 11.5. The van der Waals surface area contributed by atoms with Crippen molar-refractivity contribution in [3.8, 4) is 0 Å². The van der Waals surface area contributed by atoms with Crippen molar-refractivity contribution in [1.82, 2.24) is 4.90 Å². The molecule has 1 atom stereocenters. The minimum Gasteiger partial charge on any atom is -0.295 e. The number of likely N-dealkylation sites (N-methyl/N-ethyl adjacent to an activating group) is 1. The van der Waals surface area contributed by atoms with Gasteiger partial charge < -0.3 is 0 Å². The number of benzene rings is 1. The highest BCUT2D eigenvalue weighted by atomic mass is 32.2. The largest absolute Gasteiger partial charge is 0.295 e. The van der Waals surface area contributed by atoms with Crippen molar-refractivity contribution in [2.75, 3.05) is 25.1 Å². The molecule has 1 aromatic rings. The van der Waals surface area contributed by atoms with E-state index in [1.807, 2.05) is 7.05 Å². The van der Waals surface area contributed by atoms with E-state index in [1.165, 1.54) is 12.1 Å². The molecule has 1 unspecified atom stereocenters. The minimum atomic E-state index is -0.303. The number of hydrogen-bond donors (Lipinski definition) is 0. The van der Waals surface area contributed by atoms with E-state index in [2.05, 4.69) is 4.90 Å². The third-order valence-electron chi connectivity index (χ3n) is 2.83. The molecule has 0 amide bonds. The lowest BCUT2D eigenvalue weighted by Crippen LogP contribution is -2.44. The number of thioether (sulfide) groups is 1. The van der Waals surface area contributed by atoms with Crippen LogP contribution >= 0.6 is 11.8 Å². The zero-order valence-electron chi connectivity index (χ0n) is 9.15. The lowest BCUT2D eigenvalue weighted by molar-refractivity contribution is 0.0874. The summed E-state index contributed by atoms with van der Waals surface area (Å²) >= 11 is 1.80. The van der Waals surface area contributed by atoms with Crippen molar-refractivity contribution in [2.45, 2.75) is 6.04 Å². The Morgan fingerprint density at radius 1 is 1.44 bits per heavy atom. The number of Topliss-reactive ketones (excluding diaryl/α,β-unsaturated/α-hetero) is 1. The van der Waals surface area contributed by atoms with Crippen LogP contribution in [0.3, 0.4) is 0 Å². The molecule has 86 valence electrons. The van der Waals surface area contributed by atoms with Crippen LogP contribution in [0.5, 0.6) is 0 Å². The first-order valence-corrected chi connectivity index (χ1v) is 6.42. The predicted molar refractivity (Wildman–Crippen MR) is 64.5 cm³/mol. The SMILES string of the molecule is CN1CCSCC1C(=O)c1ccc(F)cc1. The van der Waals surface area contributed by atoms with Crippen LogP contribution < -0.4 is 0 Å². The first-order chi connectivity index (χ1) is 7.68. The van der Waals surface area contributed by atoms with Crippen LogP contribution in [0.15, 0.2) is 24.3 Å². The first-order valence-electron chi connectivity index (χ1n) is 5.26. The molecule has 2 nitrogen and oxygen atoms in total. The van der Waals surface area contributed by atoms with Gasteiger partial charge in [0.05, 0.1) is 6.04 Å². The first kappa shape index (κ1) is 11.6. The van der Waals surface area contributed by atoms with E-state index in [4.69, 9.17) is 0 Å². The van der Waals surface area contributed by atoms with Crippen molar-refractivity contribution in [3.63, 3.8) is 0 Å². The Morgan fingerprint density at radius 3 is 2.75 bits per heavy atom. The van der Waals surface area contributed by atoms with E-state index in [9.17, 15) is 9.18 Å². The summed E-state index contributed by atoms with van der Waals surface area (Å²) in [4.78, 5) is 14.2. The van der Waals surface area contributed by atoms with Gasteiger partial charge in [-0.2, -0.15) is 11.8 Å². The summed E-state index contributed by atoms with van der Waals surface area (Å²) in [7, 11) is 1.96. The topological polar surface area (TPSA) is 20.3 Å². The summed E-state index contributed by atoms with van der Waals surface area (Å²) in [5.41, 5.74) is 0.598. The second-order valence-electron chi connectivity index (χ2n) is 3.94. The summed E-state index contributed by atoms with van der Waals surface area (Å²) in [6.45, 7) is 0.933. The molecular weight excluding hydrogens is 225 g/mol. The van der Waals surface area contributed by atoms with Crippen molar-refractivity contribution >= 4 is 17.5 Å². The van der Waals surface area contributed by atoms with Gasteiger partial charge in [0.2, 0.25) is 0 Å².